The Balaban J connectivity index is 2.66. The van der Waals surface area contributed by atoms with Crippen molar-refractivity contribution >= 4 is 5.97 Å². The van der Waals surface area contributed by atoms with Crippen molar-refractivity contribution in [2.75, 3.05) is 7.11 Å². The summed E-state index contributed by atoms with van der Waals surface area (Å²) < 4.78 is 5.27. The largest absolute Gasteiger partial charge is 0.496 e. The van der Waals surface area contributed by atoms with Gasteiger partial charge in [-0.15, -0.1) is 5.10 Å². The second-order valence-corrected chi connectivity index (χ2v) is 4.08. The monoisotopic (exact) mass is 261 g/mol. The minimum absolute atomic E-state index is 0.0750. The van der Waals surface area contributed by atoms with E-state index in [0.717, 1.165) is 12.0 Å². The lowest BCUT2D eigenvalue weighted by molar-refractivity contribution is 0.0690. The Labute approximate surface area is 110 Å². The van der Waals surface area contributed by atoms with Gasteiger partial charge in [-0.25, -0.2) is 4.79 Å². The summed E-state index contributed by atoms with van der Waals surface area (Å²) in [6, 6.07) is 5.64. The zero-order chi connectivity index (χ0) is 14.0. The number of carboxylic acids is 1. The summed E-state index contributed by atoms with van der Waals surface area (Å²) in [4.78, 5) is 12.5. The fourth-order valence-electron chi connectivity index (χ4n) is 1.89. The molecule has 0 aliphatic rings. The Kier molecular flexibility index (Phi) is 3.50. The van der Waals surface area contributed by atoms with E-state index in [1.54, 1.807) is 14.2 Å². The summed E-state index contributed by atoms with van der Waals surface area (Å²) in [5.41, 5.74) is 1.97. The van der Waals surface area contributed by atoms with E-state index in [1.165, 1.54) is 4.80 Å². The molecule has 1 aromatic carbocycles. The third-order valence-electron chi connectivity index (χ3n) is 2.84. The van der Waals surface area contributed by atoms with Gasteiger partial charge in [-0.05, 0) is 24.1 Å². The first kappa shape index (κ1) is 13.1. The average Bonchev–Trinajstić information content (AvgIpc) is 2.80. The number of hydrogen-bond acceptors (Lipinski definition) is 4. The Bertz CT molecular complexity index is 620. The number of aromatic nitrogens is 3. The van der Waals surface area contributed by atoms with Gasteiger partial charge in [0.1, 0.15) is 11.4 Å². The van der Waals surface area contributed by atoms with Crippen molar-refractivity contribution in [1.82, 2.24) is 15.0 Å². The van der Waals surface area contributed by atoms with E-state index in [1.807, 2.05) is 25.1 Å². The minimum atomic E-state index is -1.10. The Hall–Kier alpha value is -2.37. The van der Waals surface area contributed by atoms with Crippen LogP contribution in [-0.2, 0) is 13.5 Å². The number of aromatic carboxylic acids is 1. The van der Waals surface area contributed by atoms with Crippen molar-refractivity contribution in [2.24, 2.45) is 7.05 Å². The van der Waals surface area contributed by atoms with Crippen molar-refractivity contribution in [3.8, 4) is 17.0 Å². The van der Waals surface area contributed by atoms with Gasteiger partial charge in [-0.3, -0.25) is 0 Å². The van der Waals surface area contributed by atoms with Gasteiger partial charge >= 0.3 is 5.97 Å². The molecule has 2 rings (SSSR count). The van der Waals surface area contributed by atoms with Gasteiger partial charge in [-0.2, -0.15) is 9.90 Å². The summed E-state index contributed by atoms with van der Waals surface area (Å²) in [7, 11) is 3.13. The van der Waals surface area contributed by atoms with Crippen molar-refractivity contribution in [1.29, 1.82) is 0 Å². The van der Waals surface area contributed by atoms with E-state index < -0.39 is 5.97 Å². The number of methoxy groups -OCH3 is 1. The van der Waals surface area contributed by atoms with Crippen molar-refractivity contribution in [3.63, 3.8) is 0 Å². The fraction of sp³-hybridized carbons (Fsp3) is 0.308. The van der Waals surface area contributed by atoms with Crippen LogP contribution in [0.3, 0.4) is 0 Å². The van der Waals surface area contributed by atoms with E-state index in [-0.39, 0.29) is 5.69 Å². The van der Waals surface area contributed by atoms with Crippen LogP contribution in [0, 0.1) is 0 Å². The molecule has 0 aliphatic carbocycles. The summed E-state index contributed by atoms with van der Waals surface area (Å²) >= 11 is 0. The topological polar surface area (TPSA) is 77.2 Å². The Morgan fingerprint density at radius 2 is 2.16 bits per heavy atom. The number of nitrogens with zero attached hydrogens (tertiary/aromatic N) is 3. The van der Waals surface area contributed by atoms with Crippen molar-refractivity contribution < 1.29 is 14.6 Å². The van der Waals surface area contributed by atoms with E-state index in [0.29, 0.717) is 17.0 Å². The first-order chi connectivity index (χ1) is 9.06. The van der Waals surface area contributed by atoms with Gasteiger partial charge in [0.05, 0.1) is 7.11 Å². The molecule has 100 valence electrons. The molecule has 0 atom stereocenters. The number of hydrogen-bond donors (Lipinski definition) is 1. The van der Waals surface area contributed by atoms with Crippen LogP contribution < -0.4 is 4.74 Å². The number of carbonyl (C=O) groups is 1. The maximum Gasteiger partial charge on any atom is 0.358 e. The van der Waals surface area contributed by atoms with Crippen LogP contribution >= 0.6 is 0 Å². The zero-order valence-corrected chi connectivity index (χ0v) is 11.0. The third kappa shape index (κ3) is 2.42. The normalized spacial score (nSPS) is 10.5. The molecule has 0 saturated heterocycles. The molecule has 0 aliphatic heterocycles. The van der Waals surface area contributed by atoms with E-state index in [2.05, 4.69) is 10.2 Å². The first-order valence-electron chi connectivity index (χ1n) is 5.88. The molecule has 0 bridgehead atoms. The zero-order valence-electron chi connectivity index (χ0n) is 11.0. The highest BCUT2D eigenvalue weighted by atomic mass is 16.5. The molecule has 6 nitrogen and oxygen atoms in total. The molecule has 2 aromatic rings. The summed E-state index contributed by atoms with van der Waals surface area (Å²) in [6.07, 6.45) is 0.847. The maximum absolute atomic E-state index is 11.2. The summed E-state index contributed by atoms with van der Waals surface area (Å²) in [6.45, 7) is 2.03. The molecule has 0 radical (unpaired) electrons. The highest BCUT2D eigenvalue weighted by Gasteiger charge is 2.21. The average molecular weight is 261 g/mol. The number of ether oxygens (including phenoxy) is 1. The predicted octanol–water partition coefficient (Wildman–Crippen LogP) is 1.75. The molecule has 1 N–H and O–H groups in total. The Morgan fingerprint density at radius 3 is 2.74 bits per heavy atom. The number of aryl methyl sites for hydroxylation is 2. The lowest BCUT2D eigenvalue weighted by atomic mass is 10.0. The van der Waals surface area contributed by atoms with Crippen LogP contribution in [0.25, 0.3) is 11.3 Å². The standard InChI is InChI=1S/C13H15N3O3/c1-4-8-5-6-10(19-3)9(7-8)11-12(13(17)18)15-16(2)14-11/h5-7H,4H2,1-3H3,(H,17,18). The third-order valence-corrected chi connectivity index (χ3v) is 2.84. The Morgan fingerprint density at radius 1 is 1.42 bits per heavy atom. The van der Waals surface area contributed by atoms with Crippen molar-refractivity contribution in [2.45, 2.75) is 13.3 Å². The van der Waals surface area contributed by atoms with Crippen molar-refractivity contribution in [3.05, 3.63) is 29.5 Å². The second kappa shape index (κ2) is 5.09. The predicted molar refractivity (Wildman–Crippen MR) is 69.3 cm³/mol. The molecule has 1 aromatic heterocycles. The molecule has 1 heterocycles. The quantitative estimate of drug-likeness (QED) is 0.907. The molecule has 0 unspecified atom stereocenters. The smallest absolute Gasteiger partial charge is 0.358 e. The highest BCUT2D eigenvalue weighted by Crippen LogP contribution is 2.31. The molecule has 0 amide bonds. The molecule has 0 spiro atoms. The van der Waals surface area contributed by atoms with Gasteiger partial charge in [-0.1, -0.05) is 13.0 Å². The van der Waals surface area contributed by atoms with Crippen LogP contribution in [0.1, 0.15) is 23.0 Å². The molecule has 0 saturated carbocycles. The van der Waals surface area contributed by atoms with Gasteiger partial charge in [0.2, 0.25) is 0 Å². The maximum atomic E-state index is 11.2. The van der Waals surface area contributed by atoms with E-state index >= 15 is 0 Å². The molecular formula is C13H15N3O3. The number of benzene rings is 1. The van der Waals surface area contributed by atoms with Crippen LogP contribution in [0.2, 0.25) is 0 Å². The molecule has 19 heavy (non-hydrogen) atoms. The SMILES string of the molecule is CCc1ccc(OC)c(-c2nn(C)nc2C(=O)O)c1. The number of rotatable bonds is 4. The summed E-state index contributed by atoms with van der Waals surface area (Å²) in [5, 5.41) is 17.2. The lowest BCUT2D eigenvalue weighted by Gasteiger charge is -2.08. The lowest BCUT2D eigenvalue weighted by Crippen LogP contribution is -2.01. The first-order valence-corrected chi connectivity index (χ1v) is 5.88. The van der Waals surface area contributed by atoms with Crippen LogP contribution in [0.4, 0.5) is 0 Å². The van der Waals surface area contributed by atoms with Crippen LogP contribution in [0.15, 0.2) is 18.2 Å². The van der Waals surface area contributed by atoms with Crippen LogP contribution in [-0.4, -0.2) is 33.2 Å². The van der Waals surface area contributed by atoms with Gasteiger partial charge in [0.25, 0.3) is 0 Å². The molecular weight excluding hydrogens is 246 g/mol. The number of carboxylic acid groups (broad SMARTS) is 1. The van der Waals surface area contributed by atoms with Gasteiger partial charge in [0.15, 0.2) is 5.69 Å². The molecule has 6 heteroatoms. The summed E-state index contributed by atoms with van der Waals surface area (Å²) in [5.74, 6) is -0.521. The molecule has 0 fully saturated rings. The van der Waals surface area contributed by atoms with Gasteiger partial charge in [0, 0.05) is 12.6 Å². The van der Waals surface area contributed by atoms with Gasteiger partial charge < -0.3 is 9.84 Å². The van der Waals surface area contributed by atoms with Crippen LogP contribution in [0.5, 0.6) is 5.75 Å². The highest BCUT2D eigenvalue weighted by molar-refractivity contribution is 5.93. The second-order valence-electron chi connectivity index (χ2n) is 4.08. The van der Waals surface area contributed by atoms with E-state index in [9.17, 15) is 9.90 Å². The fourth-order valence-corrected chi connectivity index (χ4v) is 1.89. The minimum Gasteiger partial charge on any atom is -0.496 e. The van der Waals surface area contributed by atoms with E-state index in [4.69, 9.17) is 4.74 Å².